The summed E-state index contributed by atoms with van der Waals surface area (Å²) < 4.78 is 13.6. The fourth-order valence-corrected chi connectivity index (χ4v) is 4.04. The number of benzene rings is 2. The fraction of sp³-hybridized carbons (Fsp3) is 0.407. The van der Waals surface area contributed by atoms with Crippen LogP contribution in [0.2, 0.25) is 0 Å². The molecule has 4 nitrogen and oxygen atoms in total. The third-order valence-corrected chi connectivity index (χ3v) is 5.57. The standard InChI is InChI=1S/C27H33FN2O2/c1-4-5-6-7-8-20-9-14-25-24(15-20)23(21-10-12-22(28)13-11-21)16-26(29-25)30(17-19(2)3)18-27(31)32/h9-16,19H,4-8,17-18H2,1-3H3,(H,31,32). The predicted molar refractivity (Wildman–Crippen MR) is 130 cm³/mol. The first-order chi connectivity index (χ1) is 15.4. The topological polar surface area (TPSA) is 53.4 Å². The van der Waals surface area contributed by atoms with Crippen molar-refractivity contribution in [3.05, 3.63) is 59.9 Å². The van der Waals surface area contributed by atoms with Gasteiger partial charge in [0, 0.05) is 11.9 Å². The summed E-state index contributed by atoms with van der Waals surface area (Å²) in [6.07, 6.45) is 5.84. The SMILES string of the molecule is CCCCCCc1ccc2nc(N(CC(=O)O)CC(C)C)cc(-c3ccc(F)cc3)c2c1. The molecule has 0 fully saturated rings. The zero-order chi connectivity index (χ0) is 23.1. The van der Waals surface area contributed by atoms with Gasteiger partial charge in [0.05, 0.1) is 5.52 Å². The Balaban J connectivity index is 2.08. The van der Waals surface area contributed by atoms with E-state index in [0.717, 1.165) is 34.9 Å². The lowest BCUT2D eigenvalue weighted by molar-refractivity contribution is -0.135. The highest BCUT2D eigenvalue weighted by atomic mass is 19.1. The largest absolute Gasteiger partial charge is 0.480 e. The average molecular weight is 437 g/mol. The second-order valence-corrected chi connectivity index (χ2v) is 8.87. The summed E-state index contributed by atoms with van der Waals surface area (Å²) in [6.45, 7) is 6.79. The van der Waals surface area contributed by atoms with E-state index < -0.39 is 5.97 Å². The number of anilines is 1. The van der Waals surface area contributed by atoms with Crippen LogP contribution in [0.25, 0.3) is 22.0 Å². The van der Waals surface area contributed by atoms with Gasteiger partial charge in [-0.1, -0.05) is 58.2 Å². The molecule has 0 radical (unpaired) electrons. The van der Waals surface area contributed by atoms with Gasteiger partial charge in [-0.25, -0.2) is 9.37 Å². The molecule has 3 rings (SSSR count). The lowest BCUT2D eigenvalue weighted by atomic mass is 9.97. The van der Waals surface area contributed by atoms with Gasteiger partial charge in [-0.15, -0.1) is 0 Å². The van der Waals surface area contributed by atoms with Gasteiger partial charge in [0.25, 0.3) is 0 Å². The zero-order valence-electron chi connectivity index (χ0n) is 19.3. The van der Waals surface area contributed by atoms with Crippen molar-refractivity contribution in [2.45, 2.75) is 52.9 Å². The van der Waals surface area contributed by atoms with Crippen LogP contribution >= 0.6 is 0 Å². The molecule has 0 aliphatic carbocycles. The van der Waals surface area contributed by atoms with Gasteiger partial charge in [-0.3, -0.25) is 4.79 Å². The zero-order valence-corrected chi connectivity index (χ0v) is 19.3. The molecule has 0 aliphatic rings. The Morgan fingerprint density at radius 1 is 1.06 bits per heavy atom. The maximum Gasteiger partial charge on any atom is 0.323 e. The average Bonchev–Trinajstić information content (AvgIpc) is 2.75. The number of nitrogens with zero attached hydrogens (tertiary/aromatic N) is 2. The second kappa shape index (κ2) is 11.1. The highest BCUT2D eigenvalue weighted by Gasteiger charge is 2.17. The number of pyridine rings is 1. The molecule has 5 heteroatoms. The molecular weight excluding hydrogens is 403 g/mol. The van der Waals surface area contributed by atoms with Crippen LogP contribution in [0.1, 0.15) is 52.0 Å². The van der Waals surface area contributed by atoms with E-state index in [1.54, 1.807) is 17.0 Å². The Hall–Kier alpha value is -2.95. The minimum absolute atomic E-state index is 0.116. The minimum atomic E-state index is -0.890. The van der Waals surface area contributed by atoms with Crippen LogP contribution in [0, 0.1) is 11.7 Å². The quantitative estimate of drug-likeness (QED) is 0.339. The third kappa shape index (κ3) is 6.28. The number of aliphatic carboxylic acids is 1. The Morgan fingerprint density at radius 2 is 1.81 bits per heavy atom. The summed E-state index contributed by atoms with van der Waals surface area (Å²) >= 11 is 0. The summed E-state index contributed by atoms with van der Waals surface area (Å²) in [7, 11) is 0. The normalized spacial score (nSPS) is 11.3. The number of unbranched alkanes of at least 4 members (excludes halogenated alkanes) is 3. The molecule has 0 saturated heterocycles. The highest BCUT2D eigenvalue weighted by Crippen LogP contribution is 2.33. The first-order valence-corrected chi connectivity index (χ1v) is 11.5. The molecule has 2 aromatic carbocycles. The minimum Gasteiger partial charge on any atom is -0.480 e. The molecular formula is C27H33FN2O2. The molecule has 0 aliphatic heterocycles. The van der Waals surface area contributed by atoms with Crippen molar-refractivity contribution in [2.75, 3.05) is 18.0 Å². The van der Waals surface area contributed by atoms with E-state index in [9.17, 15) is 14.3 Å². The van der Waals surface area contributed by atoms with Gasteiger partial charge in [-0.05, 0) is 65.8 Å². The van der Waals surface area contributed by atoms with Crippen LogP contribution in [0.15, 0.2) is 48.5 Å². The van der Waals surface area contributed by atoms with Crippen LogP contribution in [-0.4, -0.2) is 29.1 Å². The summed E-state index contributed by atoms with van der Waals surface area (Å²) in [4.78, 5) is 18.1. The molecule has 32 heavy (non-hydrogen) atoms. The van der Waals surface area contributed by atoms with Crippen LogP contribution in [-0.2, 0) is 11.2 Å². The predicted octanol–water partition coefficient (Wildman–Crippen LogP) is 6.71. The number of aromatic nitrogens is 1. The number of halogens is 1. The van der Waals surface area contributed by atoms with Crippen LogP contribution in [0.5, 0.6) is 0 Å². The van der Waals surface area contributed by atoms with Crippen molar-refractivity contribution in [2.24, 2.45) is 5.92 Å². The molecule has 170 valence electrons. The van der Waals surface area contributed by atoms with Crippen molar-refractivity contribution >= 4 is 22.7 Å². The maximum atomic E-state index is 13.6. The lowest BCUT2D eigenvalue weighted by Crippen LogP contribution is -2.33. The number of fused-ring (bicyclic) bond motifs is 1. The van der Waals surface area contributed by atoms with Gasteiger partial charge in [0.2, 0.25) is 0 Å². The smallest absolute Gasteiger partial charge is 0.323 e. The van der Waals surface area contributed by atoms with Crippen LogP contribution in [0.4, 0.5) is 10.2 Å². The number of carboxylic acid groups (broad SMARTS) is 1. The maximum absolute atomic E-state index is 13.6. The number of carbonyl (C=O) groups is 1. The van der Waals surface area contributed by atoms with Gasteiger partial charge >= 0.3 is 5.97 Å². The summed E-state index contributed by atoms with van der Waals surface area (Å²) in [5, 5.41) is 10.4. The summed E-state index contributed by atoms with van der Waals surface area (Å²) in [5.74, 6) is -0.259. The number of carboxylic acids is 1. The second-order valence-electron chi connectivity index (χ2n) is 8.87. The van der Waals surface area contributed by atoms with Crippen molar-refractivity contribution in [3.63, 3.8) is 0 Å². The molecule has 0 bridgehead atoms. The van der Waals surface area contributed by atoms with Crippen molar-refractivity contribution in [3.8, 4) is 11.1 Å². The van der Waals surface area contributed by atoms with E-state index in [1.807, 2.05) is 12.1 Å². The van der Waals surface area contributed by atoms with Gasteiger partial charge in [-0.2, -0.15) is 0 Å². The van der Waals surface area contributed by atoms with Crippen LogP contribution in [0.3, 0.4) is 0 Å². The number of aryl methyl sites for hydroxylation is 1. The van der Waals surface area contributed by atoms with Crippen molar-refractivity contribution < 1.29 is 14.3 Å². The molecule has 1 aromatic heterocycles. The molecule has 0 unspecified atom stereocenters. The molecule has 0 amide bonds. The van der Waals surface area contributed by atoms with Crippen molar-refractivity contribution in [1.82, 2.24) is 4.98 Å². The monoisotopic (exact) mass is 436 g/mol. The summed E-state index contributed by atoms with van der Waals surface area (Å²) in [5.41, 5.74) is 3.91. The van der Waals surface area contributed by atoms with E-state index in [4.69, 9.17) is 4.98 Å². The number of rotatable bonds is 11. The molecule has 1 N–H and O–H groups in total. The molecule has 0 atom stereocenters. The molecule has 3 aromatic rings. The van der Waals surface area contributed by atoms with Crippen LogP contribution < -0.4 is 4.90 Å². The van der Waals surface area contributed by atoms with E-state index in [-0.39, 0.29) is 18.3 Å². The van der Waals surface area contributed by atoms with Crippen molar-refractivity contribution in [1.29, 1.82) is 0 Å². The van der Waals surface area contributed by atoms with Gasteiger partial charge in [0.15, 0.2) is 0 Å². The Bertz CT molecular complexity index is 1050. The first kappa shape index (κ1) is 23.7. The Labute approximate surface area is 190 Å². The van der Waals surface area contributed by atoms with Gasteiger partial charge in [0.1, 0.15) is 18.2 Å². The number of hydrogen-bond acceptors (Lipinski definition) is 3. The fourth-order valence-electron chi connectivity index (χ4n) is 4.04. The van der Waals surface area contributed by atoms with E-state index in [0.29, 0.717) is 12.4 Å². The highest BCUT2D eigenvalue weighted by molar-refractivity contribution is 5.96. The molecule has 0 saturated carbocycles. The van der Waals surface area contributed by atoms with E-state index >= 15 is 0 Å². The Morgan fingerprint density at radius 3 is 2.47 bits per heavy atom. The Kier molecular flexibility index (Phi) is 8.20. The molecule has 1 heterocycles. The first-order valence-electron chi connectivity index (χ1n) is 11.5. The number of hydrogen-bond donors (Lipinski definition) is 1. The summed E-state index contributed by atoms with van der Waals surface area (Å²) in [6, 6.07) is 14.7. The molecule has 0 spiro atoms. The van der Waals surface area contributed by atoms with E-state index in [1.165, 1.54) is 37.0 Å². The van der Waals surface area contributed by atoms with E-state index in [2.05, 4.69) is 32.9 Å². The van der Waals surface area contributed by atoms with Gasteiger partial charge < -0.3 is 10.0 Å². The lowest BCUT2D eigenvalue weighted by Gasteiger charge is -2.25. The third-order valence-electron chi connectivity index (χ3n) is 5.57.